The fourth-order valence-corrected chi connectivity index (χ4v) is 4.75. The Kier molecular flexibility index (Phi) is 7.99. The number of amides is 2. The molecular formula is C25H26FN5O5S. The highest BCUT2D eigenvalue weighted by Gasteiger charge is 2.27. The number of aromatic nitrogens is 1. The summed E-state index contributed by atoms with van der Waals surface area (Å²) in [4.78, 5) is 45.1. The molecule has 12 heteroatoms. The van der Waals surface area contributed by atoms with Gasteiger partial charge in [0.05, 0.1) is 13.2 Å². The Morgan fingerprint density at radius 2 is 1.78 bits per heavy atom. The van der Waals surface area contributed by atoms with Gasteiger partial charge in [-0.15, -0.1) is 0 Å². The Bertz CT molecular complexity index is 1280. The first-order valence-electron chi connectivity index (χ1n) is 11.5. The molecule has 2 aromatic carbocycles. The van der Waals surface area contributed by atoms with E-state index in [1.165, 1.54) is 29.2 Å². The van der Waals surface area contributed by atoms with Gasteiger partial charge in [-0.05, 0) is 55.5 Å². The average Bonchev–Trinajstić information content (AvgIpc) is 3.29. The van der Waals surface area contributed by atoms with Crippen LogP contribution in [0.4, 0.5) is 21.0 Å². The Morgan fingerprint density at radius 3 is 2.41 bits per heavy atom. The van der Waals surface area contributed by atoms with Crippen molar-refractivity contribution in [3.8, 4) is 5.75 Å². The standard InChI is InChI=1S/C25H26FN5O5S/c1-15(24(28)34)31(18-6-4-17(26)5-7-18)25-29-23(27)22(37-25)21(33)16-2-8-19(9-3-16)36-14-20(32)30-10-12-35-13-11-30/h2-9,15H,10-14,27H2,1H3,(H2,28,34)/t15-/m1/s1. The summed E-state index contributed by atoms with van der Waals surface area (Å²) in [5.41, 5.74) is 12.4. The number of nitrogens with two attached hydrogens (primary N) is 2. The van der Waals surface area contributed by atoms with Crippen LogP contribution in [-0.2, 0) is 14.3 Å². The smallest absolute Gasteiger partial charge is 0.260 e. The van der Waals surface area contributed by atoms with Crippen molar-refractivity contribution < 1.29 is 28.2 Å². The van der Waals surface area contributed by atoms with Crippen molar-refractivity contribution in [2.45, 2.75) is 13.0 Å². The highest BCUT2D eigenvalue weighted by atomic mass is 32.1. The molecule has 0 unspecified atom stereocenters. The topological polar surface area (TPSA) is 141 Å². The van der Waals surface area contributed by atoms with Crippen LogP contribution in [-0.4, -0.2) is 66.4 Å². The summed E-state index contributed by atoms with van der Waals surface area (Å²) >= 11 is 0.997. The second-order valence-corrected chi connectivity index (χ2v) is 9.25. The molecule has 1 aliphatic heterocycles. The minimum absolute atomic E-state index is 0.00906. The van der Waals surface area contributed by atoms with Crippen LogP contribution < -0.4 is 21.1 Å². The zero-order valence-corrected chi connectivity index (χ0v) is 20.9. The number of carbonyl (C=O) groups is 3. The third kappa shape index (κ3) is 6.04. The summed E-state index contributed by atoms with van der Waals surface area (Å²) in [7, 11) is 0. The van der Waals surface area contributed by atoms with Crippen molar-refractivity contribution >= 4 is 45.6 Å². The molecule has 4 N–H and O–H groups in total. The van der Waals surface area contributed by atoms with Gasteiger partial charge in [0.25, 0.3) is 5.91 Å². The van der Waals surface area contributed by atoms with Crippen molar-refractivity contribution in [2.75, 3.05) is 43.5 Å². The van der Waals surface area contributed by atoms with Gasteiger partial charge in [0.15, 0.2) is 11.7 Å². The van der Waals surface area contributed by atoms with E-state index in [1.54, 1.807) is 36.1 Å². The summed E-state index contributed by atoms with van der Waals surface area (Å²) < 4.78 is 24.3. The molecule has 1 atom stereocenters. The van der Waals surface area contributed by atoms with E-state index in [1.807, 2.05) is 0 Å². The number of anilines is 3. The van der Waals surface area contributed by atoms with Gasteiger partial charge >= 0.3 is 0 Å². The molecular weight excluding hydrogens is 501 g/mol. The van der Waals surface area contributed by atoms with E-state index in [0.717, 1.165) is 11.3 Å². The molecule has 2 heterocycles. The predicted molar refractivity (Wildman–Crippen MR) is 136 cm³/mol. The summed E-state index contributed by atoms with van der Waals surface area (Å²) in [6.45, 7) is 3.54. The molecule has 37 heavy (non-hydrogen) atoms. The van der Waals surface area contributed by atoms with Crippen LogP contribution in [0.1, 0.15) is 22.2 Å². The molecule has 1 saturated heterocycles. The van der Waals surface area contributed by atoms with Crippen LogP contribution in [0.25, 0.3) is 0 Å². The van der Waals surface area contributed by atoms with Crippen LogP contribution in [0.3, 0.4) is 0 Å². The van der Waals surface area contributed by atoms with Crippen molar-refractivity contribution in [3.63, 3.8) is 0 Å². The quantitative estimate of drug-likeness (QED) is 0.404. The molecule has 1 fully saturated rings. The molecule has 0 aliphatic carbocycles. The zero-order valence-electron chi connectivity index (χ0n) is 20.1. The van der Waals surface area contributed by atoms with Crippen LogP contribution in [0, 0.1) is 5.82 Å². The second-order valence-electron chi connectivity index (χ2n) is 8.27. The Hall–Kier alpha value is -4.03. The monoisotopic (exact) mass is 527 g/mol. The van der Waals surface area contributed by atoms with Crippen molar-refractivity contribution in [1.29, 1.82) is 0 Å². The molecule has 3 aromatic rings. The molecule has 194 valence electrons. The average molecular weight is 528 g/mol. The number of carbonyl (C=O) groups excluding carboxylic acids is 3. The first kappa shape index (κ1) is 26.0. The lowest BCUT2D eigenvalue weighted by Crippen LogP contribution is -2.42. The lowest BCUT2D eigenvalue weighted by Gasteiger charge is -2.26. The number of nitrogens with zero attached hydrogens (tertiary/aromatic N) is 3. The molecule has 1 aromatic heterocycles. The van der Waals surface area contributed by atoms with Crippen LogP contribution in [0.15, 0.2) is 48.5 Å². The summed E-state index contributed by atoms with van der Waals surface area (Å²) in [6, 6.07) is 11.0. The first-order valence-corrected chi connectivity index (χ1v) is 12.3. The molecule has 2 amide bonds. The minimum Gasteiger partial charge on any atom is -0.484 e. The van der Waals surface area contributed by atoms with Crippen molar-refractivity contribution in [3.05, 3.63) is 64.8 Å². The lowest BCUT2D eigenvalue weighted by molar-refractivity contribution is -0.137. The normalized spacial score (nSPS) is 14.2. The van der Waals surface area contributed by atoms with Gasteiger partial charge in [-0.25, -0.2) is 9.37 Å². The summed E-state index contributed by atoms with van der Waals surface area (Å²) in [5.74, 6) is -1.15. The van der Waals surface area contributed by atoms with E-state index < -0.39 is 17.8 Å². The number of benzene rings is 2. The second kappa shape index (κ2) is 11.4. The fourth-order valence-electron chi connectivity index (χ4n) is 3.70. The number of morpholine rings is 1. The molecule has 0 bridgehead atoms. The third-order valence-electron chi connectivity index (χ3n) is 5.80. The molecule has 1 aliphatic rings. The van der Waals surface area contributed by atoms with Gasteiger partial charge in [0.2, 0.25) is 11.7 Å². The number of hydrogen-bond acceptors (Lipinski definition) is 9. The highest BCUT2D eigenvalue weighted by molar-refractivity contribution is 7.18. The number of halogens is 1. The van der Waals surface area contributed by atoms with Gasteiger partial charge < -0.3 is 30.7 Å². The summed E-state index contributed by atoms with van der Waals surface area (Å²) in [5, 5.41) is 0.264. The largest absolute Gasteiger partial charge is 0.484 e. The van der Waals surface area contributed by atoms with Gasteiger partial charge in [-0.3, -0.25) is 14.4 Å². The van der Waals surface area contributed by atoms with Crippen LogP contribution in [0.2, 0.25) is 0 Å². The highest BCUT2D eigenvalue weighted by Crippen LogP contribution is 2.36. The maximum absolute atomic E-state index is 13.5. The maximum Gasteiger partial charge on any atom is 0.260 e. The lowest BCUT2D eigenvalue weighted by atomic mass is 10.1. The predicted octanol–water partition coefficient (Wildman–Crippen LogP) is 2.34. The Balaban J connectivity index is 1.49. The zero-order chi connectivity index (χ0) is 26.5. The molecule has 0 spiro atoms. The number of ether oxygens (including phenoxy) is 2. The first-order chi connectivity index (χ1) is 17.7. The van der Waals surface area contributed by atoms with Gasteiger partial charge in [0, 0.05) is 24.3 Å². The van der Waals surface area contributed by atoms with E-state index in [4.69, 9.17) is 20.9 Å². The Labute approximate surface area is 216 Å². The molecule has 4 rings (SSSR count). The van der Waals surface area contributed by atoms with Gasteiger partial charge in [-0.2, -0.15) is 0 Å². The maximum atomic E-state index is 13.5. The molecule has 10 nitrogen and oxygen atoms in total. The number of thiazole rings is 1. The van der Waals surface area contributed by atoms with Crippen molar-refractivity contribution in [2.24, 2.45) is 5.73 Å². The van der Waals surface area contributed by atoms with Crippen LogP contribution >= 0.6 is 11.3 Å². The number of ketones is 1. The van der Waals surface area contributed by atoms with E-state index in [0.29, 0.717) is 43.3 Å². The third-order valence-corrected chi connectivity index (χ3v) is 6.87. The van der Waals surface area contributed by atoms with Gasteiger partial charge in [0.1, 0.15) is 28.3 Å². The Morgan fingerprint density at radius 1 is 1.14 bits per heavy atom. The van der Waals surface area contributed by atoms with Gasteiger partial charge in [-0.1, -0.05) is 11.3 Å². The van der Waals surface area contributed by atoms with E-state index in [9.17, 15) is 18.8 Å². The van der Waals surface area contributed by atoms with Crippen LogP contribution in [0.5, 0.6) is 5.75 Å². The minimum atomic E-state index is -0.837. The van der Waals surface area contributed by atoms with E-state index in [2.05, 4.69) is 4.98 Å². The van der Waals surface area contributed by atoms with E-state index in [-0.39, 0.29) is 34.1 Å². The summed E-state index contributed by atoms with van der Waals surface area (Å²) in [6.07, 6.45) is 0. The number of nitrogen functional groups attached to an aromatic ring is 1. The van der Waals surface area contributed by atoms with Crippen molar-refractivity contribution in [1.82, 2.24) is 9.88 Å². The number of hydrogen-bond donors (Lipinski definition) is 2. The number of rotatable bonds is 9. The number of primary amides is 1. The SMILES string of the molecule is C[C@H](C(N)=O)N(c1ccc(F)cc1)c1nc(N)c(C(=O)c2ccc(OCC(=O)N3CCOCC3)cc2)s1. The molecule has 0 radical (unpaired) electrons. The van der Waals surface area contributed by atoms with E-state index >= 15 is 0 Å². The molecule has 0 saturated carbocycles. The fraction of sp³-hybridized carbons (Fsp3) is 0.280.